The van der Waals surface area contributed by atoms with Crippen LogP contribution < -0.4 is 0 Å². The Labute approximate surface area is 70.7 Å². The van der Waals surface area contributed by atoms with Gasteiger partial charge in [-0.3, -0.25) is 4.79 Å². The van der Waals surface area contributed by atoms with Crippen molar-refractivity contribution >= 4 is 11.9 Å². The van der Waals surface area contributed by atoms with Crippen LogP contribution in [0.2, 0.25) is 0 Å². The Kier molecular flexibility index (Phi) is 2.43. The summed E-state index contributed by atoms with van der Waals surface area (Å²) in [7, 11) is 0. The van der Waals surface area contributed by atoms with Crippen LogP contribution >= 0.6 is 0 Å². The third-order valence-corrected chi connectivity index (χ3v) is 1.74. The molecule has 1 fully saturated rings. The zero-order valence-electron chi connectivity index (χ0n) is 7.09. The molecule has 0 aromatic carbocycles. The normalized spacial score (nSPS) is 24.8. The van der Waals surface area contributed by atoms with E-state index in [4.69, 9.17) is 0 Å². The SMILES string of the molecule is C/C=C1/CC(=O)OC(=O)/C1=C/C. The molecule has 0 bridgehead atoms. The summed E-state index contributed by atoms with van der Waals surface area (Å²) in [4.78, 5) is 21.8. The van der Waals surface area contributed by atoms with E-state index in [-0.39, 0.29) is 6.42 Å². The lowest BCUT2D eigenvalue weighted by atomic mass is 10.0. The average Bonchev–Trinajstić information content (AvgIpc) is 2.03. The topological polar surface area (TPSA) is 43.4 Å². The molecule has 1 aliphatic heterocycles. The van der Waals surface area contributed by atoms with Crippen LogP contribution in [-0.2, 0) is 14.3 Å². The third kappa shape index (κ3) is 1.44. The molecule has 1 aliphatic rings. The van der Waals surface area contributed by atoms with Gasteiger partial charge in [0.25, 0.3) is 0 Å². The first-order chi connectivity index (χ1) is 5.69. The lowest BCUT2D eigenvalue weighted by molar-refractivity contribution is -0.157. The quantitative estimate of drug-likeness (QED) is 0.310. The van der Waals surface area contributed by atoms with E-state index in [1.54, 1.807) is 26.0 Å². The van der Waals surface area contributed by atoms with Crippen molar-refractivity contribution in [2.24, 2.45) is 0 Å². The maximum atomic E-state index is 11.1. The molecule has 64 valence electrons. The van der Waals surface area contributed by atoms with Gasteiger partial charge in [-0.1, -0.05) is 12.2 Å². The number of carbonyl (C=O) groups is 2. The largest absolute Gasteiger partial charge is 0.389 e. The maximum absolute atomic E-state index is 11.1. The van der Waals surface area contributed by atoms with Crippen LogP contribution in [-0.4, -0.2) is 11.9 Å². The van der Waals surface area contributed by atoms with Gasteiger partial charge in [0.05, 0.1) is 12.0 Å². The number of hydrogen-bond acceptors (Lipinski definition) is 3. The highest BCUT2D eigenvalue weighted by Crippen LogP contribution is 2.21. The van der Waals surface area contributed by atoms with Gasteiger partial charge in [-0.25, -0.2) is 4.79 Å². The summed E-state index contributed by atoms with van der Waals surface area (Å²) in [5.41, 5.74) is 1.25. The molecular weight excluding hydrogens is 156 g/mol. The van der Waals surface area contributed by atoms with Gasteiger partial charge in [-0.05, 0) is 19.4 Å². The molecule has 0 atom stereocenters. The Morgan fingerprint density at radius 1 is 1.25 bits per heavy atom. The van der Waals surface area contributed by atoms with Crippen LogP contribution in [0.25, 0.3) is 0 Å². The van der Waals surface area contributed by atoms with Crippen LogP contribution in [0, 0.1) is 0 Å². The molecule has 1 saturated heterocycles. The van der Waals surface area contributed by atoms with E-state index < -0.39 is 11.9 Å². The lowest BCUT2D eigenvalue weighted by Crippen LogP contribution is -2.22. The zero-order chi connectivity index (χ0) is 9.14. The van der Waals surface area contributed by atoms with E-state index in [9.17, 15) is 9.59 Å². The van der Waals surface area contributed by atoms with E-state index in [2.05, 4.69) is 4.74 Å². The Morgan fingerprint density at radius 3 is 2.42 bits per heavy atom. The number of carbonyl (C=O) groups excluding carboxylic acids is 2. The summed E-state index contributed by atoms with van der Waals surface area (Å²) >= 11 is 0. The number of ether oxygens (including phenoxy) is 1. The number of allylic oxidation sites excluding steroid dienone is 2. The van der Waals surface area contributed by atoms with Gasteiger partial charge in [0.2, 0.25) is 0 Å². The second-order valence-electron chi connectivity index (χ2n) is 2.45. The molecule has 0 amide bonds. The van der Waals surface area contributed by atoms with Crippen LogP contribution in [0.15, 0.2) is 23.3 Å². The molecule has 1 rings (SSSR count). The molecule has 0 radical (unpaired) electrons. The first kappa shape index (κ1) is 8.71. The molecule has 1 heterocycles. The fraction of sp³-hybridized carbons (Fsp3) is 0.333. The molecule has 0 spiro atoms. The fourth-order valence-electron chi connectivity index (χ4n) is 1.14. The Balaban J connectivity index is 3.01. The second kappa shape index (κ2) is 3.34. The van der Waals surface area contributed by atoms with E-state index in [0.717, 1.165) is 5.57 Å². The third-order valence-electron chi connectivity index (χ3n) is 1.74. The van der Waals surface area contributed by atoms with Crippen molar-refractivity contribution in [3.63, 3.8) is 0 Å². The van der Waals surface area contributed by atoms with Crippen molar-refractivity contribution < 1.29 is 14.3 Å². The molecule has 0 unspecified atom stereocenters. The van der Waals surface area contributed by atoms with E-state index >= 15 is 0 Å². The van der Waals surface area contributed by atoms with Crippen LogP contribution in [0.3, 0.4) is 0 Å². The molecule has 3 nitrogen and oxygen atoms in total. The summed E-state index contributed by atoms with van der Waals surface area (Å²) in [5, 5.41) is 0. The van der Waals surface area contributed by atoms with Crippen LogP contribution in [0.4, 0.5) is 0 Å². The molecule has 0 saturated carbocycles. The predicted molar refractivity (Wildman–Crippen MR) is 43.2 cm³/mol. The number of esters is 2. The molecule has 12 heavy (non-hydrogen) atoms. The number of hydrogen-bond donors (Lipinski definition) is 0. The first-order valence-electron chi connectivity index (χ1n) is 3.76. The van der Waals surface area contributed by atoms with E-state index in [1.165, 1.54) is 0 Å². The maximum Gasteiger partial charge on any atom is 0.345 e. The summed E-state index contributed by atoms with van der Waals surface area (Å²) in [6.45, 7) is 3.54. The van der Waals surface area contributed by atoms with Gasteiger partial charge in [0.1, 0.15) is 0 Å². The second-order valence-corrected chi connectivity index (χ2v) is 2.45. The highest BCUT2D eigenvalue weighted by Gasteiger charge is 2.25. The highest BCUT2D eigenvalue weighted by atomic mass is 16.6. The highest BCUT2D eigenvalue weighted by molar-refractivity contribution is 6.04. The van der Waals surface area contributed by atoms with Crippen molar-refractivity contribution in [1.82, 2.24) is 0 Å². The van der Waals surface area contributed by atoms with Crippen molar-refractivity contribution in [2.45, 2.75) is 20.3 Å². The minimum absolute atomic E-state index is 0.196. The first-order valence-corrected chi connectivity index (χ1v) is 3.76. The Bertz CT molecular complexity index is 284. The van der Waals surface area contributed by atoms with E-state index in [1.807, 2.05) is 0 Å². The summed E-state index contributed by atoms with van der Waals surface area (Å²) < 4.78 is 4.43. The molecule has 0 aliphatic carbocycles. The van der Waals surface area contributed by atoms with Gasteiger partial charge in [-0.15, -0.1) is 0 Å². The molecular formula is C9H10O3. The molecule has 0 N–H and O–H groups in total. The summed E-state index contributed by atoms with van der Waals surface area (Å²) in [6.07, 6.45) is 3.61. The minimum atomic E-state index is -0.540. The zero-order valence-corrected chi connectivity index (χ0v) is 7.09. The van der Waals surface area contributed by atoms with Crippen molar-refractivity contribution in [2.75, 3.05) is 0 Å². The average molecular weight is 166 g/mol. The molecule has 0 aromatic heterocycles. The summed E-state index contributed by atoms with van der Waals surface area (Å²) in [5.74, 6) is -1.01. The van der Waals surface area contributed by atoms with Crippen molar-refractivity contribution in [3.05, 3.63) is 23.3 Å². The van der Waals surface area contributed by atoms with Gasteiger partial charge in [0, 0.05) is 0 Å². The van der Waals surface area contributed by atoms with E-state index in [0.29, 0.717) is 5.57 Å². The minimum Gasteiger partial charge on any atom is -0.389 e. The Hall–Kier alpha value is -1.38. The van der Waals surface area contributed by atoms with Crippen molar-refractivity contribution in [3.8, 4) is 0 Å². The van der Waals surface area contributed by atoms with Gasteiger partial charge in [-0.2, -0.15) is 0 Å². The predicted octanol–water partition coefficient (Wildman–Crippen LogP) is 1.35. The monoisotopic (exact) mass is 166 g/mol. The van der Waals surface area contributed by atoms with Gasteiger partial charge >= 0.3 is 11.9 Å². The number of rotatable bonds is 0. The lowest BCUT2D eigenvalue weighted by Gasteiger charge is -2.14. The summed E-state index contributed by atoms with van der Waals surface area (Å²) in [6, 6.07) is 0. The molecule has 3 heteroatoms. The smallest absolute Gasteiger partial charge is 0.345 e. The van der Waals surface area contributed by atoms with Gasteiger partial charge in [0.15, 0.2) is 0 Å². The fourth-order valence-corrected chi connectivity index (χ4v) is 1.14. The Morgan fingerprint density at radius 2 is 1.92 bits per heavy atom. The van der Waals surface area contributed by atoms with Crippen LogP contribution in [0.1, 0.15) is 20.3 Å². The molecule has 0 aromatic rings. The van der Waals surface area contributed by atoms with Crippen molar-refractivity contribution in [1.29, 1.82) is 0 Å². The van der Waals surface area contributed by atoms with Gasteiger partial charge < -0.3 is 4.74 Å². The number of cyclic esters (lactones) is 2. The van der Waals surface area contributed by atoms with Crippen LogP contribution in [0.5, 0.6) is 0 Å². The standard InChI is InChI=1S/C9H10O3/c1-3-6-5-8(10)12-9(11)7(6)4-2/h3-4H,5H2,1-2H3/b6-3-,7-4+.